The van der Waals surface area contributed by atoms with Gasteiger partial charge in [0.2, 0.25) is 0 Å². The van der Waals surface area contributed by atoms with Gasteiger partial charge in [0.15, 0.2) is 5.78 Å². The van der Waals surface area contributed by atoms with Gasteiger partial charge in [-0.25, -0.2) is 0 Å². The molecule has 0 aliphatic heterocycles. The standard InChI is InChI=1S/C8H13NO2/c1-3-7(6-9)8(10)4-5-11-2/h7H,3-5H2,1-2H3. The van der Waals surface area contributed by atoms with E-state index >= 15 is 0 Å². The first-order chi connectivity index (χ1) is 5.26. The van der Waals surface area contributed by atoms with Crippen molar-refractivity contribution < 1.29 is 9.53 Å². The molecule has 3 nitrogen and oxygen atoms in total. The summed E-state index contributed by atoms with van der Waals surface area (Å²) < 4.78 is 4.72. The molecule has 0 aliphatic rings. The average molecular weight is 155 g/mol. The lowest BCUT2D eigenvalue weighted by molar-refractivity contribution is -0.122. The van der Waals surface area contributed by atoms with Gasteiger partial charge in [0, 0.05) is 13.5 Å². The predicted molar refractivity (Wildman–Crippen MR) is 40.9 cm³/mol. The van der Waals surface area contributed by atoms with Crippen LogP contribution in [0.25, 0.3) is 0 Å². The number of ether oxygens (including phenoxy) is 1. The van der Waals surface area contributed by atoms with Crippen LogP contribution in [0, 0.1) is 17.2 Å². The van der Waals surface area contributed by atoms with Gasteiger partial charge in [-0.05, 0) is 6.42 Å². The van der Waals surface area contributed by atoms with Crippen LogP contribution in [0.5, 0.6) is 0 Å². The molecule has 0 bridgehead atoms. The molecule has 0 heterocycles. The molecule has 0 aromatic rings. The summed E-state index contributed by atoms with van der Waals surface area (Å²) in [6.45, 7) is 2.25. The molecule has 0 saturated carbocycles. The van der Waals surface area contributed by atoms with E-state index in [0.717, 1.165) is 0 Å². The molecule has 0 aliphatic carbocycles. The zero-order valence-electron chi connectivity index (χ0n) is 6.96. The summed E-state index contributed by atoms with van der Waals surface area (Å²) >= 11 is 0. The molecule has 0 aromatic heterocycles. The van der Waals surface area contributed by atoms with Gasteiger partial charge < -0.3 is 4.74 Å². The highest BCUT2D eigenvalue weighted by Crippen LogP contribution is 2.04. The molecule has 1 unspecified atom stereocenters. The summed E-state index contributed by atoms with van der Waals surface area (Å²) in [5, 5.41) is 8.48. The maximum Gasteiger partial charge on any atom is 0.152 e. The fraction of sp³-hybridized carbons (Fsp3) is 0.750. The highest BCUT2D eigenvalue weighted by molar-refractivity contribution is 5.83. The fourth-order valence-electron chi connectivity index (χ4n) is 0.768. The Morgan fingerprint density at radius 1 is 1.73 bits per heavy atom. The van der Waals surface area contributed by atoms with Crippen molar-refractivity contribution in [3.63, 3.8) is 0 Å². The van der Waals surface area contributed by atoms with Crippen LogP contribution in [0.3, 0.4) is 0 Å². The highest BCUT2D eigenvalue weighted by atomic mass is 16.5. The lowest BCUT2D eigenvalue weighted by atomic mass is 10.0. The minimum atomic E-state index is -0.440. The van der Waals surface area contributed by atoms with Gasteiger partial charge in [0.1, 0.15) is 5.92 Å². The van der Waals surface area contributed by atoms with Crippen LogP contribution in [0.2, 0.25) is 0 Å². The number of carbonyl (C=O) groups is 1. The van der Waals surface area contributed by atoms with E-state index < -0.39 is 5.92 Å². The molecule has 62 valence electrons. The lowest BCUT2D eigenvalue weighted by Gasteiger charge is -2.02. The fourth-order valence-corrected chi connectivity index (χ4v) is 0.768. The van der Waals surface area contributed by atoms with Crippen LogP contribution in [0.4, 0.5) is 0 Å². The van der Waals surface area contributed by atoms with E-state index in [1.165, 1.54) is 0 Å². The largest absolute Gasteiger partial charge is 0.384 e. The van der Waals surface area contributed by atoms with Gasteiger partial charge >= 0.3 is 0 Å². The molecule has 0 radical (unpaired) electrons. The summed E-state index contributed by atoms with van der Waals surface area (Å²) in [6, 6.07) is 1.96. The van der Waals surface area contributed by atoms with Crippen molar-refractivity contribution in [1.29, 1.82) is 5.26 Å². The summed E-state index contributed by atoms with van der Waals surface area (Å²) in [7, 11) is 1.54. The number of carbonyl (C=O) groups excluding carboxylic acids is 1. The highest BCUT2D eigenvalue weighted by Gasteiger charge is 2.13. The maximum atomic E-state index is 11.1. The number of hydrogen-bond acceptors (Lipinski definition) is 3. The molecular weight excluding hydrogens is 142 g/mol. The van der Waals surface area contributed by atoms with Crippen molar-refractivity contribution in [3.05, 3.63) is 0 Å². The molecular formula is C8H13NO2. The van der Waals surface area contributed by atoms with Gasteiger partial charge in [-0.15, -0.1) is 0 Å². The van der Waals surface area contributed by atoms with Crippen molar-refractivity contribution in [2.45, 2.75) is 19.8 Å². The van der Waals surface area contributed by atoms with Crippen LogP contribution in [0.15, 0.2) is 0 Å². The number of nitriles is 1. The van der Waals surface area contributed by atoms with Crippen molar-refractivity contribution in [2.75, 3.05) is 13.7 Å². The number of nitrogens with zero attached hydrogens (tertiary/aromatic N) is 1. The van der Waals surface area contributed by atoms with E-state index in [1.807, 2.05) is 13.0 Å². The number of rotatable bonds is 5. The van der Waals surface area contributed by atoms with Crippen molar-refractivity contribution in [2.24, 2.45) is 5.92 Å². The lowest BCUT2D eigenvalue weighted by Crippen LogP contribution is -2.13. The Bertz CT molecular complexity index is 160. The zero-order valence-corrected chi connectivity index (χ0v) is 6.96. The predicted octanol–water partition coefficient (Wildman–Crippen LogP) is 1.14. The first-order valence-electron chi connectivity index (χ1n) is 3.67. The molecule has 0 spiro atoms. The van der Waals surface area contributed by atoms with E-state index in [1.54, 1.807) is 7.11 Å². The second kappa shape index (κ2) is 5.87. The normalized spacial score (nSPS) is 12.1. The van der Waals surface area contributed by atoms with Gasteiger partial charge in [-0.1, -0.05) is 6.92 Å². The summed E-state index contributed by atoms with van der Waals surface area (Å²) in [4.78, 5) is 11.1. The third-order valence-corrected chi connectivity index (χ3v) is 1.51. The first kappa shape index (κ1) is 10.1. The number of Topliss-reactive ketones (excluding diaryl/α,β-unsaturated/α-hetero) is 1. The van der Waals surface area contributed by atoms with Gasteiger partial charge in [0.25, 0.3) is 0 Å². The van der Waals surface area contributed by atoms with Crippen molar-refractivity contribution in [3.8, 4) is 6.07 Å². The number of ketones is 1. The minimum absolute atomic E-state index is 0.0168. The second-order valence-corrected chi connectivity index (χ2v) is 2.30. The summed E-state index contributed by atoms with van der Waals surface area (Å²) in [5.41, 5.74) is 0. The Kier molecular flexibility index (Phi) is 5.40. The number of methoxy groups -OCH3 is 1. The average Bonchev–Trinajstić information content (AvgIpc) is 2.03. The third kappa shape index (κ3) is 3.74. The smallest absolute Gasteiger partial charge is 0.152 e. The minimum Gasteiger partial charge on any atom is -0.384 e. The third-order valence-electron chi connectivity index (χ3n) is 1.51. The van der Waals surface area contributed by atoms with E-state index in [2.05, 4.69) is 0 Å². The molecule has 0 rings (SSSR count). The second-order valence-electron chi connectivity index (χ2n) is 2.30. The van der Waals surface area contributed by atoms with Crippen LogP contribution in [-0.4, -0.2) is 19.5 Å². The topological polar surface area (TPSA) is 50.1 Å². The van der Waals surface area contributed by atoms with E-state index in [-0.39, 0.29) is 5.78 Å². The van der Waals surface area contributed by atoms with Crippen LogP contribution in [-0.2, 0) is 9.53 Å². The Morgan fingerprint density at radius 3 is 2.73 bits per heavy atom. The maximum absolute atomic E-state index is 11.1. The molecule has 3 heteroatoms. The molecule has 0 saturated heterocycles. The van der Waals surface area contributed by atoms with Gasteiger partial charge in [-0.3, -0.25) is 4.79 Å². The van der Waals surface area contributed by atoms with Gasteiger partial charge in [-0.2, -0.15) is 5.26 Å². The molecule has 0 amide bonds. The van der Waals surface area contributed by atoms with Crippen LogP contribution >= 0.6 is 0 Å². The van der Waals surface area contributed by atoms with Crippen molar-refractivity contribution in [1.82, 2.24) is 0 Å². The van der Waals surface area contributed by atoms with Gasteiger partial charge in [0.05, 0.1) is 12.7 Å². The van der Waals surface area contributed by atoms with E-state index in [4.69, 9.17) is 10.00 Å². The number of hydrogen-bond donors (Lipinski definition) is 0. The van der Waals surface area contributed by atoms with Crippen LogP contribution in [0.1, 0.15) is 19.8 Å². The Hall–Kier alpha value is -0.880. The quantitative estimate of drug-likeness (QED) is 0.598. The SMILES string of the molecule is CCC(C#N)C(=O)CCOC. The van der Waals surface area contributed by atoms with Crippen molar-refractivity contribution >= 4 is 5.78 Å². The Labute approximate surface area is 67.0 Å². The van der Waals surface area contributed by atoms with Crippen LogP contribution < -0.4 is 0 Å². The Morgan fingerprint density at radius 2 is 2.36 bits per heavy atom. The Balaban J connectivity index is 3.72. The molecule has 0 N–H and O–H groups in total. The molecule has 1 atom stereocenters. The van der Waals surface area contributed by atoms with E-state index in [0.29, 0.717) is 19.4 Å². The summed E-state index contributed by atoms with van der Waals surface area (Å²) in [6.07, 6.45) is 0.946. The molecule has 11 heavy (non-hydrogen) atoms. The first-order valence-corrected chi connectivity index (χ1v) is 3.67. The zero-order chi connectivity index (χ0) is 8.69. The monoisotopic (exact) mass is 155 g/mol. The molecule has 0 aromatic carbocycles. The van der Waals surface area contributed by atoms with E-state index in [9.17, 15) is 4.79 Å². The summed E-state index contributed by atoms with van der Waals surface area (Å²) in [5.74, 6) is -0.456. The molecule has 0 fully saturated rings.